The molecule has 0 aliphatic rings. The zero-order valence-electron chi connectivity index (χ0n) is 11.8. The van der Waals surface area contributed by atoms with E-state index in [1.807, 2.05) is 29.1 Å². The molecule has 0 atom stereocenters. The number of rotatable bonds is 7. The Morgan fingerprint density at radius 3 is 2.10 bits per heavy atom. The lowest BCUT2D eigenvalue weighted by atomic mass is 10.4. The van der Waals surface area contributed by atoms with E-state index in [1.165, 1.54) is 13.0 Å². The SMILES string of the molecule is C=CCOC(=O)CCn1cccc1.C=CCOC(C)=O. The minimum Gasteiger partial charge on any atom is -0.462 e. The molecule has 0 spiro atoms. The average molecular weight is 279 g/mol. The Balaban J connectivity index is 0.000000441. The van der Waals surface area contributed by atoms with E-state index in [0.717, 1.165) is 0 Å². The van der Waals surface area contributed by atoms with Gasteiger partial charge >= 0.3 is 11.9 Å². The lowest BCUT2D eigenvalue weighted by molar-refractivity contribution is -0.142. The van der Waals surface area contributed by atoms with Gasteiger partial charge in [0, 0.05) is 25.9 Å². The van der Waals surface area contributed by atoms with E-state index in [4.69, 9.17) is 4.74 Å². The molecular weight excluding hydrogens is 258 g/mol. The van der Waals surface area contributed by atoms with Crippen LogP contribution in [-0.2, 0) is 25.6 Å². The number of hydrogen-bond acceptors (Lipinski definition) is 4. The molecule has 0 aliphatic heterocycles. The van der Waals surface area contributed by atoms with Crippen LogP contribution in [0.3, 0.4) is 0 Å². The summed E-state index contributed by atoms with van der Waals surface area (Å²) in [7, 11) is 0. The van der Waals surface area contributed by atoms with Crippen molar-refractivity contribution in [2.45, 2.75) is 19.9 Å². The van der Waals surface area contributed by atoms with E-state index in [0.29, 0.717) is 26.2 Å². The number of carbonyl (C=O) groups is 2. The molecular formula is C15H21NO4. The summed E-state index contributed by atoms with van der Waals surface area (Å²) in [6, 6.07) is 3.85. The highest BCUT2D eigenvalue weighted by molar-refractivity contribution is 5.69. The lowest BCUT2D eigenvalue weighted by Gasteiger charge is -2.02. The summed E-state index contributed by atoms with van der Waals surface area (Å²) in [5.41, 5.74) is 0. The first kappa shape index (κ1) is 17.7. The second kappa shape index (κ2) is 11.8. The van der Waals surface area contributed by atoms with E-state index >= 15 is 0 Å². The highest BCUT2D eigenvalue weighted by Crippen LogP contribution is 1.95. The number of aryl methyl sites for hydroxylation is 1. The van der Waals surface area contributed by atoms with Crippen LogP contribution in [0.4, 0.5) is 0 Å². The Hall–Kier alpha value is -2.30. The molecule has 0 amide bonds. The Labute approximate surface area is 119 Å². The Morgan fingerprint density at radius 2 is 1.65 bits per heavy atom. The number of ether oxygens (including phenoxy) is 2. The van der Waals surface area contributed by atoms with E-state index in [9.17, 15) is 9.59 Å². The van der Waals surface area contributed by atoms with Gasteiger partial charge in [-0.2, -0.15) is 0 Å². The monoisotopic (exact) mass is 279 g/mol. The van der Waals surface area contributed by atoms with Crippen molar-refractivity contribution in [3.8, 4) is 0 Å². The molecule has 0 radical (unpaired) electrons. The molecule has 110 valence electrons. The van der Waals surface area contributed by atoms with Crippen LogP contribution in [0.1, 0.15) is 13.3 Å². The van der Waals surface area contributed by atoms with E-state index < -0.39 is 0 Å². The Kier molecular flexibility index (Phi) is 10.4. The molecule has 1 aromatic heterocycles. The van der Waals surface area contributed by atoms with Crippen molar-refractivity contribution in [2.75, 3.05) is 13.2 Å². The minimum atomic E-state index is -0.264. The van der Waals surface area contributed by atoms with Crippen molar-refractivity contribution in [3.63, 3.8) is 0 Å². The number of aromatic nitrogens is 1. The van der Waals surface area contributed by atoms with E-state index in [-0.39, 0.29) is 11.9 Å². The smallest absolute Gasteiger partial charge is 0.307 e. The van der Waals surface area contributed by atoms with Gasteiger partial charge in [-0.25, -0.2) is 0 Å². The molecule has 0 saturated heterocycles. The number of nitrogens with zero attached hydrogens (tertiary/aromatic N) is 1. The quantitative estimate of drug-likeness (QED) is 0.568. The minimum absolute atomic E-state index is 0.186. The topological polar surface area (TPSA) is 57.5 Å². The first-order chi connectivity index (χ1) is 9.60. The molecule has 20 heavy (non-hydrogen) atoms. The van der Waals surface area contributed by atoms with Crippen molar-refractivity contribution >= 4 is 11.9 Å². The third kappa shape index (κ3) is 10.8. The van der Waals surface area contributed by atoms with Crippen molar-refractivity contribution < 1.29 is 19.1 Å². The zero-order chi connectivity index (χ0) is 15.2. The van der Waals surface area contributed by atoms with E-state index in [1.54, 1.807) is 6.08 Å². The predicted octanol–water partition coefficient (Wildman–Crippen LogP) is 2.34. The highest BCUT2D eigenvalue weighted by atomic mass is 16.5. The fraction of sp³-hybridized carbons (Fsp3) is 0.333. The standard InChI is InChI=1S/C10H13NO2.C5H8O2/c1-2-9-13-10(12)5-8-11-6-3-4-7-11;1-3-4-7-5(2)6/h2-4,6-7H,1,5,8-9H2;3H,1,4H2,2H3. The fourth-order valence-corrected chi connectivity index (χ4v) is 1.14. The maximum absolute atomic E-state index is 11.0. The molecule has 0 aromatic carbocycles. The van der Waals surface area contributed by atoms with Crippen LogP contribution in [0.15, 0.2) is 49.8 Å². The Morgan fingerprint density at radius 1 is 1.10 bits per heavy atom. The van der Waals surface area contributed by atoms with Crippen LogP contribution < -0.4 is 0 Å². The molecule has 0 unspecified atom stereocenters. The second-order valence-corrected chi connectivity index (χ2v) is 3.73. The summed E-state index contributed by atoms with van der Waals surface area (Å²) in [6.07, 6.45) is 7.33. The van der Waals surface area contributed by atoms with Crippen LogP contribution in [0.5, 0.6) is 0 Å². The van der Waals surface area contributed by atoms with Gasteiger partial charge in [0.1, 0.15) is 13.2 Å². The average Bonchev–Trinajstić information content (AvgIpc) is 2.94. The molecule has 0 bridgehead atoms. The fourth-order valence-electron chi connectivity index (χ4n) is 1.14. The number of esters is 2. The van der Waals surface area contributed by atoms with Gasteiger partial charge in [-0.05, 0) is 12.1 Å². The molecule has 5 heteroatoms. The maximum atomic E-state index is 11.0. The third-order valence-corrected chi connectivity index (χ3v) is 2.01. The molecule has 1 heterocycles. The maximum Gasteiger partial charge on any atom is 0.307 e. The number of hydrogen-bond donors (Lipinski definition) is 0. The van der Waals surface area contributed by atoms with Gasteiger partial charge in [0.15, 0.2) is 0 Å². The van der Waals surface area contributed by atoms with E-state index in [2.05, 4.69) is 17.9 Å². The molecule has 1 rings (SSSR count). The number of carbonyl (C=O) groups excluding carboxylic acids is 2. The van der Waals surface area contributed by atoms with Crippen molar-refractivity contribution in [1.82, 2.24) is 4.57 Å². The van der Waals surface area contributed by atoms with Gasteiger partial charge in [0.05, 0.1) is 6.42 Å². The van der Waals surface area contributed by atoms with Crippen molar-refractivity contribution in [2.24, 2.45) is 0 Å². The van der Waals surface area contributed by atoms with Gasteiger partial charge in [-0.15, -0.1) is 0 Å². The molecule has 5 nitrogen and oxygen atoms in total. The van der Waals surface area contributed by atoms with Crippen LogP contribution >= 0.6 is 0 Å². The summed E-state index contributed by atoms with van der Waals surface area (Å²) in [5.74, 6) is -0.450. The Bertz CT molecular complexity index is 410. The summed E-state index contributed by atoms with van der Waals surface area (Å²) in [4.78, 5) is 20.9. The summed E-state index contributed by atoms with van der Waals surface area (Å²) < 4.78 is 11.2. The van der Waals surface area contributed by atoms with Crippen LogP contribution in [0.2, 0.25) is 0 Å². The molecule has 0 fully saturated rings. The summed E-state index contributed by atoms with van der Waals surface area (Å²) in [5, 5.41) is 0. The van der Waals surface area contributed by atoms with Gasteiger partial charge in [0.2, 0.25) is 0 Å². The van der Waals surface area contributed by atoms with Crippen LogP contribution in [-0.4, -0.2) is 29.7 Å². The molecule has 0 saturated carbocycles. The summed E-state index contributed by atoms with van der Waals surface area (Å²) >= 11 is 0. The van der Waals surface area contributed by atoms with Gasteiger partial charge in [-0.3, -0.25) is 9.59 Å². The first-order valence-corrected chi connectivity index (χ1v) is 6.21. The zero-order valence-corrected chi connectivity index (χ0v) is 11.8. The van der Waals surface area contributed by atoms with Crippen LogP contribution in [0.25, 0.3) is 0 Å². The van der Waals surface area contributed by atoms with Crippen molar-refractivity contribution in [1.29, 1.82) is 0 Å². The molecule has 1 aromatic rings. The largest absolute Gasteiger partial charge is 0.462 e. The van der Waals surface area contributed by atoms with Crippen molar-refractivity contribution in [3.05, 3.63) is 49.8 Å². The van der Waals surface area contributed by atoms with Gasteiger partial charge in [-0.1, -0.05) is 25.3 Å². The van der Waals surface area contributed by atoms with Crippen LogP contribution in [0, 0.1) is 0 Å². The summed E-state index contributed by atoms with van der Waals surface area (Å²) in [6.45, 7) is 9.46. The normalized spacial score (nSPS) is 8.85. The lowest BCUT2D eigenvalue weighted by Crippen LogP contribution is -2.08. The third-order valence-electron chi connectivity index (χ3n) is 2.01. The molecule has 0 N–H and O–H groups in total. The first-order valence-electron chi connectivity index (χ1n) is 6.21. The highest BCUT2D eigenvalue weighted by Gasteiger charge is 2.00. The van der Waals surface area contributed by atoms with Gasteiger partial charge < -0.3 is 14.0 Å². The second-order valence-electron chi connectivity index (χ2n) is 3.73. The molecule has 0 aliphatic carbocycles. The van der Waals surface area contributed by atoms with Gasteiger partial charge in [0.25, 0.3) is 0 Å². The predicted molar refractivity (Wildman–Crippen MR) is 77.0 cm³/mol.